The number of hydrogen-bond acceptors (Lipinski definition) is 1. The van der Waals surface area contributed by atoms with Gasteiger partial charge in [-0.15, -0.1) is 0 Å². The molecule has 0 unspecified atom stereocenters. The van der Waals surface area contributed by atoms with Gasteiger partial charge in [-0.3, -0.25) is 0 Å². The first kappa shape index (κ1) is 9.77. The molecular weight excluding hydrogens is 168 g/mol. The van der Waals surface area contributed by atoms with Gasteiger partial charge in [-0.05, 0) is 20.8 Å². The summed E-state index contributed by atoms with van der Waals surface area (Å²) in [5, 5.41) is 8.96. The molecule has 1 aromatic heterocycles. The number of rotatable bonds is 1. The Hall–Kier alpha value is -1.32. The Morgan fingerprint density at radius 2 is 2.08 bits per heavy atom. The summed E-state index contributed by atoms with van der Waals surface area (Å²) in [6.07, 6.45) is 3.53. The third kappa shape index (κ3) is 1.71. The van der Waals surface area contributed by atoms with Crippen LogP contribution in [0.25, 0.3) is 0 Å². The lowest BCUT2D eigenvalue weighted by atomic mass is 10.1. The van der Waals surface area contributed by atoms with E-state index in [9.17, 15) is 4.79 Å². The van der Waals surface area contributed by atoms with Crippen molar-refractivity contribution in [3.05, 3.63) is 18.2 Å². The molecule has 13 heavy (non-hydrogen) atoms. The molecule has 1 N–H and O–H groups in total. The van der Waals surface area contributed by atoms with Crippen LogP contribution in [0.3, 0.4) is 0 Å². The average molecular weight is 183 g/mol. The highest BCUT2D eigenvalue weighted by Gasteiger charge is 2.30. The number of carbonyl (C=O) groups is 1. The van der Waals surface area contributed by atoms with Gasteiger partial charge >= 0.3 is 11.8 Å². The zero-order valence-corrected chi connectivity index (χ0v) is 8.40. The van der Waals surface area contributed by atoms with Gasteiger partial charge in [0.1, 0.15) is 17.9 Å². The summed E-state index contributed by atoms with van der Waals surface area (Å²) < 4.78 is 3.35. The minimum Gasteiger partial charge on any atom is -0.472 e. The normalized spacial score (nSPS) is 11.7. The van der Waals surface area contributed by atoms with Gasteiger partial charge < -0.3 is 5.11 Å². The van der Waals surface area contributed by atoms with Gasteiger partial charge in [0.25, 0.3) is 0 Å². The Labute approximate surface area is 77.4 Å². The predicted molar refractivity (Wildman–Crippen MR) is 47.6 cm³/mol. The first-order chi connectivity index (χ1) is 5.84. The molecule has 0 aliphatic rings. The number of carboxylic acids is 1. The highest BCUT2D eigenvalue weighted by atomic mass is 16.4. The van der Waals surface area contributed by atoms with Gasteiger partial charge in [0.05, 0.1) is 7.05 Å². The van der Waals surface area contributed by atoms with E-state index in [2.05, 4.69) is 0 Å². The predicted octanol–water partition coefficient (Wildman–Crippen LogP) is 0.766. The molecule has 0 saturated heterocycles. The molecular formula is C9H15N2O2+. The van der Waals surface area contributed by atoms with Crippen molar-refractivity contribution in [1.29, 1.82) is 0 Å². The van der Waals surface area contributed by atoms with Crippen LogP contribution in [0.4, 0.5) is 0 Å². The van der Waals surface area contributed by atoms with E-state index < -0.39 is 5.97 Å². The van der Waals surface area contributed by atoms with Gasteiger partial charge in [-0.2, -0.15) is 0 Å². The standard InChI is InChI=1S/C9H14N2O2/c1-9(2,3)11-6-5-10(4)7(11)8(12)13/h5-6H,1-4H3/p+1. The van der Waals surface area contributed by atoms with Gasteiger partial charge in [0, 0.05) is 0 Å². The summed E-state index contributed by atoms with van der Waals surface area (Å²) in [6, 6.07) is 0. The van der Waals surface area contributed by atoms with E-state index in [0.717, 1.165) is 0 Å². The van der Waals surface area contributed by atoms with Crippen LogP contribution in [0.2, 0.25) is 0 Å². The molecule has 0 amide bonds. The largest absolute Gasteiger partial charge is 0.472 e. The Morgan fingerprint density at radius 3 is 2.38 bits per heavy atom. The zero-order chi connectivity index (χ0) is 10.2. The molecule has 1 heterocycles. The minimum absolute atomic E-state index is 0.199. The highest BCUT2D eigenvalue weighted by Crippen LogP contribution is 2.14. The topological polar surface area (TPSA) is 46.1 Å². The SMILES string of the molecule is C[n+]1ccn(C(C)(C)C)c1C(=O)O. The maximum absolute atomic E-state index is 10.9. The molecule has 4 heteroatoms. The number of imidazole rings is 1. The van der Waals surface area contributed by atoms with Gasteiger partial charge in [-0.25, -0.2) is 13.9 Å². The summed E-state index contributed by atoms with van der Waals surface area (Å²) in [5.74, 6) is -0.602. The van der Waals surface area contributed by atoms with Crippen molar-refractivity contribution in [1.82, 2.24) is 4.57 Å². The van der Waals surface area contributed by atoms with E-state index in [4.69, 9.17) is 5.11 Å². The summed E-state index contributed by atoms with van der Waals surface area (Å²) in [5.41, 5.74) is -0.199. The molecule has 0 bridgehead atoms. The van der Waals surface area contributed by atoms with E-state index in [1.807, 2.05) is 20.8 Å². The highest BCUT2D eigenvalue weighted by molar-refractivity contribution is 5.81. The minimum atomic E-state index is -0.901. The lowest BCUT2D eigenvalue weighted by Crippen LogP contribution is -2.38. The summed E-state index contributed by atoms with van der Waals surface area (Å²) in [7, 11) is 1.73. The third-order valence-electron chi connectivity index (χ3n) is 1.92. The lowest BCUT2D eigenvalue weighted by Gasteiger charge is -2.15. The van der Waals surface area contributed by atoms with Crippen LogP contribution < -0.4 is 4.57 Å². The third-order valence-corrected chi connectivity index (χ3v) is 1.92. The van der Waals surface area contributed by atoms with Crippen LogP contribution >= 0.6 is 0 Å². The lowest BCUT2D eigenvalue weighted by molar-refractivity contribution is -0.673. The van der Waals surface area contributed by atoms with Crippen molar-refractivity contribution in [2.45, 2.75) is 26.3 Å². The molecule has 0 aliphatic heterocycles. The fourth-order valence-electron chi connectivity index (χ4n) is 1.27. The van der Waals surface area contributed by atoms with Crippen LogP contribution in [0.15, 0.2) is 12.4 Å². The number of aryl methyl sites for hydroxylation is 1. The van der Waals surface area contributed by atoms with Gasteiger partial charge in [0.2, 0.25) is 0 Å². The quantitative estimate of drug-likeness (QED) is 0.653. The van der Waals surface area contributed by atoms with Crippen molar-refractivity contribution in [2.24, 2.45) is 7.05 Å². The van der Waals surface area contributed by atoms with Gasteiger partial charge in [-0.1, -0.05) is 0 Å². The Morgan fingerprint density at radius 1 is 1.54 bits per heavy atom. The van der Waals surface area contributed by atoms with Crippen molar-refractivity contribution < 1.29 is 14.5 Å². The molecule has 0 aromatic carbocycles. The number of nitrogens with zero attached hydrogens (tertiary/aromatic N) is 2. The van der Waals surface area contributed by atoms with Crippen LogP contribution in [0.1, 0.15) is 31.4 Å². The second-order valence-corrected chi connectivity index (χ2v) is 4.08. The summed E-state index contributed by atoms with van der Waals surface area (Å²) in [4.78, 5) is 10.9. The Kier molecular flexibility index (Phi) is 2.15. The fraction of sp³-hybridized carbons (Fsp3) is 0.556. The molecule has 0 radical (unpaired) electrons. The summed E-state index contributed by atoms with van der Waals surface area (Å²) in [6.45, 7) is 5.92. The second-order valence-electron chi connectivity index (χ2n) is 4.08. The Balaban J connectivity index is 3.31. The van der Waals surface area contributed by atoms with Crippen molar-refractivity contribution in [2.75, 3.05) is 0 Å². The maximum atomic E-state index is 10.9. The maximum Gasteiger partial charge on any atom is 0.419 e. The molecule has 0 atom stereocenters. The number of aromatic nitrogens is 2. The first-order valence-electron chi connectivity index (χ1n) is 4.15. The molecule has 0 spiro atoms. The fourth-order valence-corrected chi connectivity index (χ4v) is 1.27. The van der Waals surface area contributed by atoms with Crippen molar-refractivity contribution in [3.63, 3.8) is 0 Å². The molecule has 1 aromatic rings. The van der Waals surface area contributed by atoms with Crippen LogP contribution in [0, 0.1) is 0 Å². The average Bonchev–Trinajstić information content (AvgIpc) is 2.28. The van der Waals surface area contributed by atoms with Crippen LogP contribution in [0.5, 0.6) is 0 Å². The molecule has 0 saturated carbocycles. The van der Waals surface area contributed by atoms with Crippen molar-refractivity contribution >= 4 is 5.97 Å². The van der Waals surface area contributed by atoms with Crippen LogP contribution in [-0.4, -0.2) is 15.6 Å². The van der Waals surface area contributed by atoms with E-state index in [1.165, 1.54) is 0 Å². The number of carboxylic acid groups (broad SMARTS) is 1. The van der Waals surface area contributed by atoms with E-state index in [0.29, 0.717) is 5.82 Å². The zero-order valence-electron chi connectivity index (χ0n) is 8.40. The molecule has 4 nitrogen and oxygen atoms in total. The number of aromatic carboxylic acids is 1. The van der Waals surface area contributed by atoms with Crippen LogP contribution in [-0.2, 0) is 12.6 Å². The van der Waals surface area contributed by atoms with Crippen molar-refractivity contribution in [3.8, 4) is 0 Å². The van der Waals surface area contributed by atoms with E-state index in [-0.39, 0.29) is 5.54 Å². The van der Waals surface area contributed by atoms with Gasteiger partial charge in [0.15, 0.2) is 0 Å². The van der Waals surface area contributed by atoms with E-state index in [1.54, 1.807) is 28.6 Å². The summed E-state index contributed by atoms with van der Waals surface area (Å²) >= 11 is 0. The second kappa shape index (κ2) is 2.87. The molecule has 0 fully saturated rings. The molecule has 0 aliphatic carbocycles. The Bertz CT molecular complexity index is 334. The smallest absolute Gasteiger partial charge is 0.419 e. The monoisotopic (exact) mass is 183 g/mol. The molecule has 1 rings (SSSR count). The van der Waals surface area contributed by atoms with E-state index >= 15 is 0 Å². The first-order valence-corrected chi connectivity index (χ1v) is 4.15. The molecule has 72 valence electrons. The number of hydrogen-bond donors (Lipinski definition) is 1.